The highest BCUT2D eigenvalue weighted by atomic mass is 19.4. The van der Waals surface area contributed by atoms with Crippen LogP contribution in [0.5, 0.6) is 0 Å². The number of fused-ring (bicyclic) bond motifs is 1. The van der Waals surface area contributed by atoms with Crippen molar-refractivity contribution < 1.29 is 23.1 Å². The van der Waals surface area contributed by atoms with Gasteiger partial charge in [-0.15, -0.1) is 0 Å². The van der Waals surface area contributed by atoms with Gasteiger partial charge in [0.15, 0.2) is 0 Å². The first-order chi connectivity index (χ1) is 15.5. The van der Waals surface area contributed by atoms with Gasteiger partial charge < -0.3 is 15.3 Å². The van der Waals surface area contributed by atoms with Gasteiger partial charge in [0.25, 0.3) is 5.56 Å². The number of nitrogens with zero attached hydrogens (tertiary/aromatic N) is 3. The summed E-state index contributed by atoms with van der Waals surface area (Å²) < 4.78 is 40.3. The van der Waals surface area contributed by atoms with Crippen LogP contribution >= 0.6 is 0 Å². The van der Waals surface area contributed by atoms with E-state index in [1.54, 1.807) is 31.3 Å². The van der Waals surface area contributed by atoms with Crippen molar-refractivity contribution in [3.05, 3.63) is 69.1 Å². The van der Waals surface area contributed by atoms with E-state index in [9.17, 15) is 27.9 Å². The Morgan fingerprint density at radius 1 is 1.24 bits per heavy atom. The van der Waals surface area contributed by atoms with Crippen LogP contribution in [-0.2, 0) is 0 Å². The normalized spacial score (nSPS) is 15.4. The molecule has 1 aliphatic rings. The number of aromatic nitrogens is 2. The molecular weight excluding hydrogens is 437 g/mol. The third-order valence-electron chi connectivity index (χ3n) is 5.93. The largest absolute Gasteiger partial charge is 0.478 e. The zero-order chi connectivity index (χ0) is 24.1. The van der Waals surface area contributed by atoms with Crippen LogP contribution in [-0.4, -0.2) is 39.7 Å². The Labute approximate surface area is 187 Å². The number of hydrogen-bond donors (Lipinski definition) is 2. The average molecular weight is 460 g/mol. The van der Waals surface area contributed by atoms with Gasteiger partial charge in [-0.1, -0.05) is 12.1 Å². The lowest BCUT2D eigenvalue weighted by Gasteiger charge is -2.41. The van der Waals surface area contributed by atoms with E-state index in [4.69, 9.17) is 0 Å². The van der Waals surface area contributed by atoms with Gasteiger partial charge in [-0.3, -0.25) is 9.20 Å². The lowest BCUT2D eigenvalue weighted by Crippen LogP contribution is -2.54. The molecule has 2 aromatic heterocycles. The monoisotopic (exact) mass is 460 g/mol. The molecule has 33 heavy (non-hydrogen) atoms. The average Bonchev–Trinajstić information content (AvgIpc) is 2.69. The Morgan fingerprint density at radius 2 is 1.91 bits per heavy atom. The number of para-hydroxylation sites is 1. The summed E-state index contributed by atoms with van der Waals surface area (Å²) in [4.78, 5) is 30.7. The quantitative estimate of drug-likeness (QED) is 0.594. The maximum Gasteiger partial charge on any atom is 0.395 e. The molecule has 1 saturated heterocycles. The van der Waals surface area contributed by atoms with Crippen LogP contribution in [0.3, 0.4) is 0 Å². The minimum absolute atomic E-state index is 0.0988. The molecule has 0 unspecified atom stereocenters. The van der Waals surface area contributed by atoms with Crippen LogP contribution in [0, 0.1) is 19.8 Å². The van der Waals surface area contributed by atoms with Crippen LogP contribution in [0.15, 0.2) is 41.3 Å². The number of nitrogens with one attached hydrogen (secondary N) is 1. The molecule has 2 N–H and O–H groups in total. The van der Waals surface area contributed by atoms with Gasteiger partial charge in [-0.25, -0.2) is 9.78 Å². The first-order valence-electron chi connectivity index (χ1n) is 10.4. The summed E-state index contributed by atoms with van der Waals surface area (Å²) in [5.74, 6) is -2.28. The fourth-order valence-electron chi connectivity index (χ4n) is 4.08. The number of rotatable bonds is 5. The molecule has 10 heteroatoms. The zero-order valence-corrected chi connectivity index (χ0v) is 18.3. The molecule has 174 valence electrons. The number of hydrogen-bond acceptors (Lipinski definition) is 5. The molecular formula is C23H23F3N4O3. The number of carboxylic acids is 1. The molecule has 0 saturated carbocycles. The molecule has 7 nitrogen and oxygen atoms in total. The number of aryl methyl sites for hydroxylation is 1. The van der Waals surface area contributed by atoms with Crippen molar-refractivity contribution in [3.63, 3.8) is 0 Å². The van der Waals surface area contributed by atoms with Gasteiger partial charge in [0, 0.05) is 30.5 Å². The Kier molecular flexibility index (Phi) is 5.55. The highest BCUT2D eigenvalue weighted by molar-refractivity contribution is 5.94. The Bertz CT molecular complexity index is 1300. The Morgan fingerprint density at radius 3 is 2.55 bits per heavy atom. The van der Waals surface area contributed by atoms with Gasteiger partial charge in [0.1, 0.15) is 11.5 Å². The van der Waals surface area contributed by atoms with Crippen LogP contribution in [0.25, 0.3) is 5.65 Å². The van der Waals surface area contributed by atoms with Crippen LogP contribution in [0.4, 0.5) is 24.7 Å². The van der Waals surface area contributed by atoms with E-state index in [1.165, 1.54) is 15.4 Å². The number of aromatic carboxylic acids is 1. The minimum atomic E-state index is -4.28. The van der Waals surface area contributed by atoms with E-state index in [0.29, 0.717) is 16.9 Å². The zero-order valence-electron chi connectivity index (χ0n) is 18.3. The fraction of sp³-hybridized carbons (Fsp3) is 0.348. The van der Waals surface area contributed by atoms with Crippen molar-refractivity contribution >= 4 is 23.1 Å². The summed E-state index contributed by atoms with van der Waals surface area (Å²) in [7, 11) is 0. The number of pyridine rings is 1. The van der Waals surface area contributed by atoms with E-state index in [2.05, 4.69) is 10.3 Å². The van der Waals surface area contributed by atoms with Crippen molar-refractivity contribution in [1.82, 2.24) is 9.38 Å². The predicted octanol–water partition coefficient (Wildman–Crippen LogP) is 4.18. The number of benzene rings is 1. The molecule has 1 atom stereocenters. The van der Waals surface area contributed by atoms with E-state index in [0.717, 1.165) is 5.56 Å². The predicted molar refractivity (Wildman–Crippen MR) is 118 cm³/mol. The molecule has 1 fully saturated rings. The Hall–Kier alpha value is -3.56. The van der Waals surface area contributed by atoms with Gasteiger partial charge in [0.2, 0.25) is 0 Å². The number of halogens is 3. The maximum atomic E-state index is 13.1. The van der Waals surface area contributed by atoms with Gasteiger partial charge in [-0.2, -0.15) is 13.2 Å². The van der Waals surface area contributed by atoms with Crippen molar-refractivity contribution in [2.24, 2.45) is 5.92 Å². The SMILES string of the molecule is Cc1cc([C@@H](C)Nc2ccccc2C(=O)O)c2nc(N3CC(C(F)(F)F)C3)c(C)c(=O)n2c1. The topological polar surface area (TPSA) is 86.9 Å². The van der Waals surface area contributed by atoms with E-state index < -0.39 is 24.1 Å². The lowest BCUT2D eigenvalue weighted by atomic mass is 9.99. The molecule has 4 rings (SSSR count). The first kappa shape index (κ1) is 22.6. The molecule has 3 aromatic rings. The number of anilines is 2. The van der Waals surface area contributed by atoms with Crippen LogP contribution < -0.4 is 15.8 Å². The van der Waals surface area contributed by atoms with Crippen molar-refractivity contribution in [3.8, 4) is 0 Å². The van der Waals surface area contributed by atoms with Crippen molar-refractivity contribution in [1.29, 1.82) is 0 Å². The second-order valence-electron chi connectivity index (χ2n) is 8.39. The maximum absolute atomic E-state index is 13.1. The summed E-state index contributed by atoms with van der Waals surface area (Å²) in [5, 5.41) is 12.6. The molecule has 1 aromatic carbocycles. The summed E-state index contributed by atoms with van der Waals surface area (Å²) in [6.07, 6.45) is -2.65. The molecule has 0 aliphatic carbocycles. The van der Waals surface area contributed by atoms with E-state index >= 15 is 0 Å². The van der Waals surface area contributed by atoms with E-state index in [-0.39, 0.29) is 35.6 Å². The highest BCUT2D eigenvalue weighted by Gasteiger charge is 2.48. The third kappa shape index (κ3) is 4.12. The molecule has 0 spiro atoms. The number of carbonyl (C=O) groups is 1. The fourth-order valence-corrected chi connectivity index (χ4v) is 4.08. The highest BCUT2D eigenvalue weighted by Crippen LogP contribution is 2.36. The summed E-state index contributed by atoms with van der Waals surface area (Å²) in [6.45, 7) is 4.70. The van der Waals surface area contributed by atoms with Gasteiger partial charge in [-0.05, 0) is 44.5 Å². The van der Waals surface area contributed by atoms with Crippen LogP contribution in [0.2, 0.25) is 0 Å². The standard InChI is InChI=1S/C23H23F3N4O3/c1-12-8-17(14(3)27-18-7-5-4-6-16(18)22(32)33)20-28-19(13(2)21(31)30(20)9-12)29-10-15(11-29)23(24,25)26/h4-9,14-15,27H,10-11H2,1-3H3,(H,32,33)/t14-/m1/s1. The Balaban J connectivity index is 1.77. The second-order valence-corrected chi connectivity index (χ2v) is 8.39. The summed E-state index contributed by atoms with van der Waals surface area (Å²) >= 11 is 0. The summed E-state index contributed by atoms with van der Waals surface area (Å²) in [6, 6.07) is 7.85. The molecule has 3 heterocycles. The summed E-state index contributed by atoms with van der Waals surface area (Å²) in [5.41, 5.74) is 2.16. The molecule has 0 radical (unpaired) electrons. The third-order valence-corrected chi connectivity index (χ3v) is 5.93. The van der Waals surface area contributed by atoms with Gasteiger partial charge in [0.05, 0.1) is 23.1 Å². The first-order valence-corrected chi connectivity index (χ1v) is 10.4. The minimum Gasteiger partial charge on any atom is -0.478 e. The second kappa shape index (κ2) is 8.09. The van der Waals surface area contributed by atoms with Gasteiger partial charge >= 0.3 is 12.1 Å². The number of carboxylic acid groups (broad SMARTS) is 1. The molecule has 1 aliphatic heterocycles. The number of alkyl halides is 3. The van der Waals surface area contributed by atoms with Crippen molar-refractivity contribution in [2.75, 3.05) is 23.3 Å². The molecule has 0 bridgehead atoms. The molecule has 0 amide bonds. The van der Waals surface area contributed by atoms with Crippen LogP contribution in [0.1, 0.15) is 40.0 Å². The van der Waals surface area contributed by atoms with E-state index in [1.807, 2.05) is 19.9 Å². The lowest BCUT2D eigenvalue weighted by molar-refractivity contribution is -0.180. The van der Waals surface area contributed by atoms with Crippen molar-refractivity contribution in [2.45, 2.75) is 33.0 Å². The smallest absolute Gasteiger partial charge is 0.395 e.